The lowest BCUT2D eigenvalue weighted by atomic mass is 10.0. The number of hydrogen-bond acceptors (Lipinski definition) is 7. The number of aromatic hydroxyl groups is 1. The molecule has 3 aromatic carbocycles. The van der Waals surface area contributed by atoms with Gasteiger partial charge in [0.1, 0.15) is 11.5 Å². The van der Waals surface area contributed by atoms with E-state index >= 15 is 0 Å². The molecule has 1 aromatic heterocycles. The molecule has 0 spiro atoms. The van der Waals surface area contributed by atoms with Gasteiger partial charge in [-0.2, -0.15) is 0 Å². The van der Waals surface area contributed by atoms with Gasteiger partial charge in [-0.05, 0) is 98.2 Å². The number of methoxy groups -OCH3 is 1. The molecule has 1 aliphatic rings. The van der Waals surface area contributed by atoms with E-state index in [0.717, 1.165) is 46.9 Å². The summed E-state index contributed by atoms with van der Waals surface area (Å²) in [5, 5.41) is 19.4. The van der Waals surface area contributed by atoms with E-state index in [1.54, 1.807) is 19.2 Å². The molecule has 4 aromatic rings. The van der Waals surface area contributed by atoms with E-state index in [1.165, 1.54) is 12.8 Å². The van der Waals surface area contributed by atoms with Crippen LogP contribution in [-0.4, -0.2) is 40.7 Å². The Kier molecular flexibility index (Phi) is 7.80. The molecule has 1 saturated heterocycles. The lowest BCUT2D eigenvalue weighted by molar-refractivity contribution is -0.116. The number of carbonyl (C=O) groups excluding carboxylic acids is 1. The number of amides is 1. The largest absolute Gasteiger partial charge is 0.508 e. The SMILES string of the molecule is COc1ccc(-c2cc(-c3ccc(O)cc3)nc(Nc3ccc(NC(=O)CC4CCCCN4)cc3)n2)cc1. The fourth-order valence-corrected chi connectivity index (χ4v) is 4.49. The van der Waals surface area contributed by atoms with Crippen LogP contribution in [0, 0.1) is 0 Å². The first-order valence-corrected chi connectivity index (χ1v) is 12.8. The van der Waals surface area contributed by atoms with Gasteiger partial charge in [-0.15, -0.1) is 0 Å². The topological polar surface area (TPSA) is 108 Å². The second-order valence-electron chi connectivity index (χ2n) is 9.34. The van der Waals surface area contributed by atoms with Crippen molar-refractivity contribution >= 4 is 23.2 Å². The highest BCUT2D eigenvalue weighted by Gasteiger charge is 2.16. The van der Waals surface area contributed by atoms with Gasteiger partial charge in [0.15, 0.2) is 0 Å². The van der Waals surface area contributed by atoms with Crippen LogP contribution >= 0.6 is 0 Å². The summed E-state index contributed by atoms with van der Waals surface area (Å²) in [6, 6.07) is 24.3. The molecule has 1 aliphatic heterocycles. The van der Waals surface area contributed by atoms with Crippen molar-refractivity contribution in [2.75, 3.05) is 24.3 Å². The second kappa shape index (κ2) is 11.7. The Hall–Kier alpha value is -4.43. The first-order valence-electron chi connectivity index (χ1n) is 12.8. The van der Waals surface area contributed by atoms with Gasteiger partial charge in [0.05, 0.1) is 18.5 Å². The Bertz CT molecular complexity index is 1370. The molecule has 1 atom stereocenters. The van der Waals surface area contributed by atoms with Crippen LogP contribution < -0.4 is 20.7 Å². The third kappa shape index (κ3) is 6.46. The summed E-state index contributed by atoms with van der Waals surface area (Å²) in [4.78, 5) is 21.9. The minimum Gasteiger partial charge on any atom is -0.508 e. The van der Waals surface area contributed by atoms with Crippen LogP contribution in [0.2, 0.25) is 0 Å². The number of phenolic OH excluding ortho intramolecular Hbond substituents is 1. The van der Waals surface area contributed by atoms with Gasteiger partial charge < -0.3 is 25.8 Å². The van der Waals surface area contributed by atoms with Crippen LogP contribution in [0.4, 0.5) is 17.3 Å². The van der Waals surface area contributed by atoms with E-state index in [2.05, 4.69) is 16.0 Å². The number of rotatable bonds is 8. The van der Waals surface area contributed by atoms with Crippen LogP contribution in [0.5, 0.6) is 11.5 Å². The van der Waals surface area contributed by atoms with Gasteiger partial charge in [0.25, 0.3) is 0 Å². The van der Waals surface area contributed by atoms with E-state index in [1.807, 2.05) is 66.7 Å². The van der Waals surface area contributed by atoms with Crippen LogP contribution in [0.25, 0.3) is 22.5 Å². The van der Waals surface area contributed by atoms with Crippen LogP contribution in [0.1, 0.15) is 25.7 Å². The molecule has 1 unspecified atom stereocenters. The maximum Gasteiger partial charge on any atom is 0.228 e. The summed E-state index contributed by atoms with van der Waals surface area (Å²) < 4.78 is 5.29. The van der Waals surface area contributed by atoms with Crippen molar-refractivity contribution in [2.45, 2.75) is 31.7 Å². The number of hydrogen-bond donors (Lipinski definition) is 4. The highest BCUT2D eigenvalue weighted by atomic mass is 16.5. The zero-order valence-corrected chi connectivity index (χ0v) is 21.3. The molecule has 2 heterocycles. The van der Waals surface area contributed by atoms with Crippen LogP contribution in [0.15, 0.2) is 78.9 Å². The van der Waals surface area contributed by atoms with Gasteiger partial charge >= 0.3 is 0 Å². The molecule has 8 nitrogen and oxygen atoms in total. The number of nitrogens with zero attached hydrogens (tertiary/aromatic N) is 2. The van der Waals surface area contributed by atoms with E-state index in [0.29, 0.717) is 18.1 Å². The number of phenols is 1. The van der Waals surface area contributed by atoms with E-state index in [9.17, 15) is 9.90 Å². The van der Waals surface area contributed by atoms with Crippen LogP contribution in [-0.2, 0) is 4.79 Å². The van der Waals surface area contributed by atoms with Crippen molar-refractivity contribution in [3.63, 3.8) is 0 Å². The van der Waals surface area contributed by atoms with E-state index in [4.69, 9.17) is 14.7 Å². The monoisotopic (exact) mass is 509 g/mol. The third-order valence-corrected chi connectivity index (χ3v) is 6.54. The van der Waals surface area contributed by atoms with Crippen molar-refractivity contribution in [1.29, 1.82) is 0 Å². The predicted octanol–water partition coefficient (Wildman–Crippen LogP) is 5.74. The van der Waals surface area contributed by atoms with Crippen molar-refractivity contribution < 1.29 is 14.6 Å². The molecule has 38 heavy (non-hydrogen) atoms. The normalized spacial score (nSPS) is 15.0. The zero-order chi connectivity index (χ0) is 26.3. The number of nitrogens with one attached hydrogen (secondary N) is 3. The molecule has 1 fully saturated rings. The maximum absolute atomic E-state index is 12.5. The molecule has 0 radical (unpaired) electrons. The minimum absolute atomic E-state index is 0.0131. The second-order valence-corrected chi connectivity index (χ2v) is 9.34. The molecular weight excluding hydrogens is 478 g/mol. The van der Waals surface area contributed by atoms with Crippen molar-refractivity contribution in [1.82, 2.24) is 15.3 Å². The molecular formula is C30H31N5O3. The molecule has 5 rings (SSSR count). The summed E-state index contributed by atoms with van der Waals surface area (Å²) in [5.41, 5.74) is 4.77. The van der Waals surface area contributed by atoms with Gasteiger partial charge in [-0.25, -0.2) is 9.97 Å². The summed E-state index contributed by atoms with van der Waals surface area (Å²) in [6.07, 6.45) is 3.86. The molecule has 194 valence electrons. The Labute approximate surface area is 222 Å². The smallest absolute Gasteiger partial charge is 0.228 e. The standard InChI is InChI=1S/C30H31N5O3/c1-38-26-15-7-21(8-16-26)28-19-27(20-5-13-25(36)14-6-20)34-30(35-28)33-23-11-9-22(10-12-23)32-29(37)18-24-4-2-3-17-31-24/h5-16,19,24,31,36H,2-4,17-18H2,1H3,(H,32,37)(H,33,34,35). The number of anilines is 3. The summed E-state index contributed by atoms with van der Waals surface area (Å²) >= 11 is 0. The Morgan fingerprint density at radius 2 is 1.55 bits per heavy atom. The lowest BCUT2D eigenvalue weighted by Gasteiger charge is -2.22. The molecule has 1 amide bonds. The Balaban J connectivity index is 1.34. The summed E-state index contributed by atoms with van der Waals surface area (Å²) in [5.74, 6) is 1.40. The molecule has 0 bridgehead atoms. The zero-order valence-electron chi connectivity index (χ0n) is 21.3. The summed E-state index contributed by atoms with van der Waals surface area (Å²) in [7, 11) is 1.63. The quantitative estimate of drug-likeness (QED) is 0.240. The van der Waals surface area contributed by atoms with Gasteiger partial charge in [0, 0.05) is 35.0 Å². The maximum atomic E-state index is 12.5. The van der Waals surface area contributed by atoms with E-state index < -0.39 is 0 Å². The molecule has 0 aliphatic carbocycles. The minimum atomic E-state index is 0.0131. The summed E-state index contributed by atoms with van der Waals surface area (Å²) in [6.45, 7) is 0.981. The van der Waals surface area contributed by atoms with Crippen LogP contribution in [0.3, 0.4) is 0 Å². The number of benzene rings is 3. The van der Waals surface area contributed by atoms with Crippen molar-refractivity contribution in [2.24, 2.45) is 0 Å². The van der Waals surface area contributed by atoms with Gasteiger partial charge in [0.2, 0.25) is 11.9 Å². The average molecular weight is 510 g/mol. The van der Waals surface area contributed by atoms with Gasteiger partial charge in [-0.3, -0.25) is 4.79 Å². The first-order chi connectivity index (χ1) is 18.6. The lowest BCUT2D eigenvalue weighted by Crippen LogP contribution is -2.36. The van der Waals surface area contributed by atoms with Crippen molar-refractivity contribution in [3.05, 3.63) is 78.9 Å². The molecule has 0 saturated carbocycles. The number of carbonyl (C=O) groups is 1. The highest BCUT2D eigenvalue weighted by molar-refractivity contribution is 5.91. The highest BCUT2D eigenvalue weighted by Crippen LogP contribution is 2.29. The average Bonchev–Trinajstić information content (AvgIpc) is 2.95. The van der Waals surface area contributed by atoms with Gasteiger partial charge in [-0.1, -0.05) is 6.42 Å². The predicted molar refractivity (Wildman–Crippen MR) is 150 cm³/mol. The molecule has 4 N–H and O–H groups in total. The van der Waals surface area contributed by atoms with Crippen molar-refractivity contribution in [3.8, 4) is 34.0 Å². The fraction of sp³-hybridized carbons (Fsp3) is 0.233. The number of piperidine rings is 1. The fourth-order valence-electron chi connectivity index (χ4n) is 4.49. The number of ether oxygens (including phenoxy) is 1. The first kappa shape index (κ1) is 25.2. The van der Waals surface area contributed by atoms with E-state index in [-0.39, 0.29) is 17.7 Å². The number of aromatic nitrogens is 2. The Morgan fingerprint density at radius 1 is 0.921 bits per heavy atom. The molecule has 8 heteroatoms. The third-order valence-electron chi connectivity index (χ3n) is 6.54. The Morgan fingerprint density at radius 3 is 2.16 bits per heavy atom.